The molecule has 3 aromatic carbocycles. The minimum Gasteiger partial charge on any atom is -0.497 e. The van der Waals surface area contributed by atoms with Gasteiger partial charge in [0.2, 0.25) is 5.91 Å². The molecule has 0 aliphatic heterocycles. The van der Waals surface area contributed by atoms with Crippen LogP contribution in [0.1, 0.15) is 16.0 Å². The number of ether oxygens (including phenoxy) is 1. The second kappa shape index (κ2) is 11.0. The van der Waals surface area contributed by atoms with Gasteiger partial charge in [-0.25, -0.2) is 0 Å². The molecular formula is C31H25N3O2S. The normalized spacial score (nSPS) is 10.6. The van der Waals surface area contributed by atoms with Crippen molar-refractivity contribution in [3.8, 4) is 34.2 Å². The molecule has 0 radical (unpaired) electrons. The second-order valence-corrected chi connectivity index (χ2v) is 9.56. The van der Waals surface area contributed by atoms with E-state index < -0.39 is 0 Å². The molecule has 37 heavy (non-hydrogen) atoms. The van der Waals surface area contributed by atoms with E-state index in [1.165, 1.54) is 11.3 Å². The van der Waals surface area contributed by atoms with Gasteiger partial charge in [0.15, 0.2) is 0 Å². The first-order valence-corrected chi connectivity index (χ1v) is 12.8. The fourth-order valence-corrected chi connectivity index (χ4v) is 5.16. The van der Waals surface area contributed by atoms with E-state index in [1.54, 1.807) is 7.11 Å². The number of carbonyl (C=O) groups excluding carboxylic acids is 1. The van der Waals surface area contributed by atoms with Crippen molar-refractivity contribution < 1.29 is 9.53 Å². The van der Waals surface area contributed by atoms with E-state index in [4.69, 9.17) is 4.74 Å². The first-order chi connectivity index (χ1) is 18.2. The average molecular weight is 504 g/mol. The quantitative estimate of drug-likeness (QED) is 0.248. The van der Waals surface area contributed by atoms with E-state index in [-0.39, 0.29) is 12.3 Å². The first kappa shape index (κ1) is 24.1. The predicted octanol–water partition coefficient (Wildman–Crippen LogP) is 6.99. The minimum atomic E-state index is -0.161. The molecule has 0 spiro atoms. The van der Waals surface area contributed by atoms with Crippen LogP contribution in [0, 0.1) is 11.3 Å². The molecule has 0 atom stereocenters. The van der Waals surface area contributed by atoms with Crippen molar-refractivity contribution in [2.45, 2.75) is 13.0 Å². The zero-order valence-electron chi connectivity index (χ0n) is 20.3. The van der Waals surface area contributed by atoms with E-state index >= 15 is 0 Å². The van der Waals surface area contributed by atoms with Crippen LogP contribution in [0.2, 0.25) is 0 Å². The zero-order chi connectivity index (χ0) is 25.6. The summed E-state index contributed by atoms with van der Waals surface area (Å²) in [5.74, 6) is 1.11. The molecule has 0 aliphatic carbocycles. The number of carbonyl (C=O) groups is 1. The maximum absolute atomic E-state index is 13.2. The Balaban J connectivity index is 1.71. The number of methoxy groups -OCH3 is 1. The highest BCUT2D eigenvalue weighted by Crippen LogP contribution is 2.42. The highest BCUT2D eigenvalue weighted by molar-refractivity contribution is 7.10. The Hall–Kier alpha value is -4.60. The van der Waals surface area contributed by atoms with Gasteiger partial charge in [0.1, 0.15) is 23.2 Å². The third-order valence-corrected chi connectivity index (χ3v) is 7.03. The van der Waals surface area contributed by atoms with Crippen molar-refractivity contribution in [1.82, 2.24) is 4.57 Å². The Morgan fingerprint density at radius 3 is 2.19 bits per heavy atom. The number of anilines is 1. The fraction of sp³-hybridized carbons (Fsp3) is 0.0968. The smallest absolute Gasteiger partial charge is 0.230 e. The van der Waals surface area contributed by atoms with Crippen LogP contribution in [-0.4, -0.2) is 17.6 Å². The number of aromatic nitrogens is 1. The largest absolute Gasteiger partial charge is 0.497 e. The van der Waals surface area contributed by atoms with Crippen molar-refractivity contribution in [2.75, 3.05) is 12.4 Å². The summed E-state index contributed by atoms with van der Waals surface area (Å²) in [6.07, 6.45) is 0.248. The molecule has 6 heteroatoms. The number of benzene rings is 3. The van der Waals surface area contributed by atoms with Gasteiger partial charge in [-0.2, -0.15) is 5.26 Å². The lowest BCUT2D eigenvalue weighted by Gasteiger charge is -2.16. The number of nitrogens with one attached hydrogen (secondary N) is 1. The molecule has 2 heterocycles. The maximum atomic E-state index is 13.2. The number of rotatable bonds is 8. The molecule has 0 saturated carbocycles. The molecule has 2 aromatic heterocycles. The van der Waals surface area contributed by atoms with Gasteiger partial charge in [-0.1, -0.05) is 78.9 Å². The highest BCUT2D eigenvalue weighted by atomic mass is 32.1. The second-order valence-electron chi connectivity index (χ2n) is 8.53. The number of hydrogen-bond acceptors (Lipinski definition) is 4. The summed E-state index contributed by atoms with van der Waals surface area (Å²) in [4.78, 5) is 14.2. The standard InChI is InChI=1S/C31H25N3O2S/c1-36-25-16-14-22(15-17-25)21-34-30(24-11-6-3-7-12-24)29(23-9-4-2-5-10-23)27(20-32)31(34)33-28(35)19-26-13-8-18-37-26/h2-18H,19,21H2,1H3,(H,33,35). The summed E-state index contributed by atoms with van der Waals surface area (Å²) >= 11 is 1.54. The number of thiophene rings is 1. The number of amides is 1. The molecular weight excluding hydrogens is 478 g/mol. The Morgan fingerprint density at radius 2 is 1.59 bits per heavy atom. The molecule has 0 bridgehead atoms. The van der Waals surface area contributed by atoms with Crippen LogP contribution in [0.3, 0.4) is 0 Å². The summed E-state index contributed by atoms with van der Waals surface area (Å²) < 4.78 is 7.38. The molecule has 5 aromatic rings. The first-order valence-electron chi connectivity index (χ1n) is 11.9. The lowest BCUT2D eigenvalue weighted by atomic mass is 9.98. The van der Waals surface area contributed by atoms with Crippen LogP contribution in [0.15, 0.2) is 102 Å². The van der Waals surface area contributed by atoms with E-state index in [0.29, 0.717) is 17.9 Å². The fourth-order valence-electron chi connectivity index (χ4n) is 4.46. The molecule has 0 unspecified atom stereocenters. The summed E-state index contributed by atoms with van der Waals surface area (Å²) in [6.45, 7) is 0.463. The van der Waals surface area contributed by atoms with E-state index in [0.717, 1.165) is 38.6 Å². The lowest BCUT2D eigenvalue weighted by Crippen LogP contribution is -2.18. The molecule has 0 saturated heterocycles. The lowest BCUT2D eigenvalue weighted by molar-refractivity contribution is -0.115. The molecule has 1 amide bonds. The Kier molecular flexibility index (Phi) is 7.16. The van der Waals surface area contributed by atoms with Crippen LogP contribution in [-0.2, 0) is 17.8 Å². The summed E-state index contributed by atoms with van der Waals surface area (Å²) in [7, 11) is 1.64. The topological polar surface area (TPSA) is 67.0 Å². The van der Waals surface area contributed by atoms with Crippen molar-refractivity contribution in [2.24, 2.45) is 0 Å². The summed E-state index contributed by atoms with van der Waals surface area (Å²) in [5, 5.41) is 15.5. The van der Waals surface area contributed by atoms with Crippen molar-refractivity contribution in [1.29, 1.82) is 5.26 Å². The van der Waals surface area contributed by atoms with Gasteiger partial charge < -0.3 is 14.6 Å². The van der Waals surface area contributed by atoms with Crippen molar-refractivity contribution in [3.63, 3.8) is 0 Å². The maximum Gasteiger partial charge on any atom is 0.230 e. The van der Waals surface area contributed by atoms with Gasteiger partial charge in [0, 0.05) is 17.0 Å². The van der Waals surface area contributed by atoms with Gasteiger partial charge in [-0.3, -0.25) is 4.79 Å². The number of nitriles is 1. The van der Waals surface area contributed by atoms with Gasteiger partial charge in [-0.05, 0) is 40.3 Å². The monoisotopic (exact) mass is 503 g/mol. The summed E-state index contributed by atoms with van der Waals surface area (Å²) in [5.41, 5.74) is 5.02. The van der Waals surface area contributed by atoms with Gasteiger partial charge in [-0.15, -0.1) is 11.3 Å². The van der Waals surface area contributed by atoms with E-state index in [9.17, 15) is 10.1 Å². The average Bonchev–Trinajstić information content (AvgIpc) is 3.56. The Morgan fingerprint density at radius 1 is 0.919 bits per heavy atom. The molecule has 5 rings (SSSR count). The molecule has 5 nitrogen and oxygen atoms in total. The molecule has 0 aliphatic rings. The highest BCUT2D eigenvalue weighted by Gasteiger charge is 2.26. The number of nitrogens with zero attached hydrogens (tertiary/aromatic N) is 2. The molecule has 0 fully saturated rings. The van der Waals surface area contributed by atoms with Crippen molar-refractivity contribution >= 4 is 23.1 Å². The minimum absolute atomic E-state index is 0.161. The predicted molar refractivity (Wildman–Crippen MR) is 149 cm³/mol. The molecule has 1 N–H and O–H groups in total. The third-order valence-electron chi connectivity index (χ3n) is 6.16. The van der Waals surface area contributed by atoms with Gasteiger partial charge >= 0.3 is 0 Å². The third kappa shape index (κ3) is 5.18. The van der Waals surface area contributed by atoms with Crippen LogP contribution < -0.4 is 10.1 Å². The Bertz CT molecular complexity index is 1530. The van der Waals surface area contributed by atoms with Crippen LogP contribution in [0.25, 0.3) is 22.4 Å². The summed E-state index contributed by atoms with van der Waals surface area (Å²) in [6, 6.07) is 34.0. The zero-order valence-corrected chi connectivity index (χ0v) is 21.2. The SMILES string of the molecule is COc1ccc(Cn2c(NC(=O)Cc3cccs3)c(C#N)c(-c3ccccc3)c2-c2ccccc2)cc1. The van der Waals surface area contributed by atoms with Crippen molar-refractivity contribution in [3.05, 3.63) is 118 Å². The van der Waals surface area contributed by atoms with E-state index in [1.807, 2.05) is 107 Å². The van der Waals surface area contributed by atoms with Crippen LogP contribution >= 0.6 is 11.3 Å². The van der Waals surface area contributed by atoms with Crippen LogP contribution in [0.5, 0.6) is 5.75 Å². The van der Waals surface area contributed by atoms with Crippen LogP contribution in [0.4, 0.5) is 5.82 Å². The number of hydrogen-bond donors (Lipinski definition) is 1. The molecule has 182 valence electrons. The Labute approximate surface area is 220 Å². The van der Waals surface area contributed by atoms with Gasteiger partial charge in [0.25, 0.3) is 0 Å². The van der Waals surface area contributed by atoms with Gasteiger partial charge in [0.05, 0.1) is 19.2 Å². The van der Waals surface area contributed by atoms with E-state index in [2.05, 4.69) is 11.4 Å².